The van der Waals surface area contributed by atoms with Crippen LogP contribution in [0.25, 0.3) is 4.96 Å². The Bertz CT molecular complexity index is 952. The van der Waals surface area contributed by atoms with Gasteiger partial charge in [0.05, 0.1) is 11.3 Å². The van der Waals surface area contributed by atoms with Crippen LogP contribution in [0, 0.1) is 0 Å². The first-order chi connectivity index (χ1) is 12.1. The second-order valence-electron chi connectivity index (χ2n) is 5.00. The van der Waals surface area contributed by atoms with Gasteiger partial charge in [-0.05, 0) is 31.2 Å². The standard InChI is InChI=1S/C16H14BrN3O4S/c1-2-23-9-13-19-20-14(21)7-12(18-16(20)25-13)8-24-15(22)10-3-5-11(17)6-4-10/h3-7H,2,8-9H2,1H3. The third kappa shape index (κ3) is 4.30. The lowest BCUT2D eigenvalue weighted by Gasteiger charge is -2.04. The van der Waals surface area contributed by atoms with E-state index in [2.05, 4.69) is 26.0 Å². The topological polar surface area (TPSA) is 82.8 Å². The van der Waals surface area contributed by atoms with E-state index in [0.29, 0.717) is 34.4 Å². The summed E-state index contributed by atoms with van der Waals surface area (Å²) in [5.41, 5.74) is 0.485. The number of carbonyl (C=O) groups is 1. The van der Waals surface area contributed by atoms with Crippen LogP contribution >= 0.6 is 27.3 Å². The number of hydrogen-bond acceptors (Lipinski definition) is 7. The molecule has 0 saturated heterocycles. The summed E-state index contributed by atoms with van der Waals surface area (Å²) >= 11 is 4.57. The molecule has 0 unspecified atom stereocenters. The Morgan fingerprint density at radius 1 is 1.28 bits per heavy atom. The van der Waals surface area contributed by atoms with Crippen LogP contribution in [-0.2, 0) is 22.7 Å². The molecule has 130 valence electrons. The molecule has 3 rings (SSSR count). The summed E-state index contributed by atoms with van der Waals surface area (Å²) in [5, 5.41) is 4.83. The van der Waals surface area contributed by atoms with Crippen molar-refractivity contribution in [1.29, 1.82) is 0 Å². The summed E-state index contributed by atoms with van der Waals surface area (Å²) in [5.74, 6) is -0.476. The minimum atomic E-state index is -0.476. The van der Waals surface area contributed by atoms with E-state index >= 15 is 0 Å². The molecule has 3 aromatic rings. The molecule has 0 aliphatic rings. The van der Waals surface area contributed by atoms with Gasteiger partial charge in [0.1, 0.15) is 18.2 Å². The maximum Gasteiger partial charge on any atom is 0.338 e. The second kappa shape index (κ2) is 7.85. The molecule has 7 nitrogen and oxygen atoms in total. The van der Waals surface area contributed by atoms with E-state index in [9.17, 15) is 9.59 Å². The molecule has 0 spiro atoms. The highest BCUT2D eigenvalue weighted by Gasteiger charge is 2.12. The minimum Gasteiger partial charge on any atom is -0.456 e. The average Bonchev–Trinajstić information content (AvgIpc) is 3.02. The summed E-state index contributed by atoms with van der Waals surface area (Å²) in [4.78, 5) is 28.9. The van der Waals surface area contributed by atoms with Crippen LogP contribution in [0.2, 0.25) is 0 Å². The number of benzene rings is 1. The SMILES string of the molecule is CCOCc1nn2c(=O)cc(COC(=O)c3ccc(Br)cc3)nc2s1. The lowest BCUT2D eigenvalue weighted by atomic mass is 10.2. The molecule has 2 aromatic heterocycles. The molecule has 0 saturated carbocycles. The van der Waals surface area contributed by atoms with Gasteiger partial charge in [0.25, 0.3) is 5.56 Å². The smallest absolute Gasteiger partial charge is 0.338 e. The molecule has 9 heteroatoms. The summed E-state index contributed by atoms with van der Waals surface area (Å²) in [6.07, 6.45) is 0. The van der Waals surface area contributed by atoms with Crippen molar-refractivity contribution in [3.05, 3.63) is 61.4 Å². The zero-order valence-electron chi connectivity index (χ0n) is 13.3. The highest BCUT2D eigenvalue weighted by molar-refractivity contribution is 9.10. The van der Waals surface area contributed by atoms with Crippen LogP contribution in [0.4, 0.5) is 0 Å². The number of halogens is 1. The predicted octanol–water partition coefficient (Wildman–Crippen LogP) is 2.81. The molecule has 0 aliphatic heterocycles. The summed E-state index contributed by atoms with van der Waals surface area (Å²) in [7, 11) is 0. The zero-order valence-corrected chi connectivity index (χ0v) is 15.7. The molecule has 0 aliphatic carbocycles. The van der Waals surface area contributed by atoms with E-state index in [1.54, 1.807) is 24.3 Å². The highest BCUT2D eigenvalue weighted by atomic mass is 79.9. The molecule has 0 N–H and O–H groups in total. The number of aromatic nitrogens is 3. The highest BCUT2D eigenvalue weighted by Crippen LogP contribution is 2.14. The van der Waals surface area contributed by atoms with Crippen LogP contribution in [0.15, 0.2) is 39.6 Å². The number of nitrogens with zero attached hydrogens (tertiary/aromatic N) is 3. The number of fused-ring (bicyclic) bond motifs is 1. The van der Waals surface area contributed by atoms with Crippen molar-refractivity contribution in [3.63, 3.8) is 0 Å². The number of ether oxygens (including phenoxy) is 2. The molecular weight excluding hydrogens is 410 g/mol. The number of carbonyl (C=O) groups excluding carboxylic acids is 1. The van der Waals surface area contributed by atoms with Crippen LogP contribution in [0.1, 0.15) is 28.0 Å². The van der Waals surface area contributed by atoms with Gasteiger partial charge in [-0.1, -0.05) is 27.3 Å². The zero-order chi connectivity index (χ0) is 17.8. The van der Waals surface area contributed by atoms with Gasteiger partial charge in [-0.25, -0.2) is 9.78 Å². The Morgan fingerprint density at radius 3 is 2.76 bits per heavy atom. The Hall–Kier alpha value is -2.10. The van der Waals surface area contributed by atoms with Crippen LogP contribution < -0.4 is 5.56 Å². The quantitative estimate of drug-likeness (QED) is 0.566. The third-order valence-corrected chi connectivity index (χ3v) is 4.61. The Labute approximate surface area is 155 Å². The fourth-order valence-electron chi connectivity index (χ4n) is 2.03. The monoisotopic (exact) mass is 423 g/mol. The second-order valence-corrected chi connectivity index (χ2v) is 6.95. The lowest BCUT2D eigenvalue weighted by molar-refractivity contribution is 0.0467. The molecular formula is C16H14BrN3O4S. The van der Waals surface area contributed by atoms with Gasteiger partial charge < -0.3 is 9.47 Å². The van der Waals surface area contributed by atoms with Crippen molar-refractivity contribution in [2.75, 3.05) is 6.61 Å². The predicted molar refractivity (Wildman–Crippen MR) is 95.7 cm³/mol. The number of rotatable bonds is 6. The summed E-state index contributed by atoms with van der Waals surface area (Å²) in [6.45, 7) is 2.70. The Balaban J connectivity index is 1.74. The molecule has 2 heterocycles. The van der Waals surface area contributed by atoms with Crippen LogP contribution in [-0.4, -0.2) is 27.2 Å². The maximum absolute atomic E-state index is 12.1. The van der Waals surface area contributed by atoms with Crippen molar-refractivity contribution < 1.29 is 14.3 Å². The fourth-order valence-corrected chi connectivity index (χ4v) is 3.15. The first-order valence-corrected chi connectivity index (χ1v) is 9.07. The average molecular weight is 424 g/mol. The van der Waals surface area contributed by atoms with Gasteiger partial charge in [-0.3, -0.25) is 4.79 Å². The number of esters is 1. The van der Waals surface area contributed by atoms with E-state index < -0.39 is 5.97 Å². The van der Waals surface area contributed by atoms with Crippen molar-refractivity contribution in [2.24, 2.45) is 0 Å². The van der Waals surface area contributed by atoms with Gasteiger partial charge in [0.2, 0.25) is 4.96 Å². The Kier molecular flexibility index (Phi) is 5.57. The van der Waals surface area contributed by atoms with E-state index in [1.807, 2.05) is 6.92 Å². The normalized spacial score (nSPS) is 11.0. The largest absolute Gasteiger partial charge is 0.456 e. The van der Waals surface area contributed by atoms with Crippen molar-refractivity contribution in [1.82, 2.24) is 14.6 Å². The van der Waals surface area contributed by atoms with Gasteiger partial charge in [-0.15, -0.1) is 0 Å². The van der Waals surface area contributed by atoms with Crippen LogP contribution in [0.5, 0.6) is 0 Å². The minimum absolute atomic E-state index is 0.0840. The van der Waals surface area contributed by atoms with Crippen LogP contribution in [0.3, 0.4) is 0 Å². The molecule has 1 aromatic carbocycles. The summed E-state index contributed by atoms with van der Waals surface area (Å²) in [6, 6.07) is 8.13. The van der Waals surface area contributed by atoms with Gasteiger partial charge >= 0.3 is 5.97 Å². The lowest BCUT2D eigenvalue weighted by Crippen LogP contribution is -2.16. The first-order valence-electron chi connectivity index (χ1n) is 7.46. The first kappa shape index (κ1) is 17.7. The van der Waals surface area contributed by atoms with E-state index in [1.165, 1.54) is 21.9 Å². The molecule has 0 fully saturated rings. The van der Waals surface area contributed by atoms with Gasteiger partial charge in [0.15, 0.2) is 0 Å². The van der Waals surface area contributed by atoms with Crippen molar-refractivity contribution >= 4 is 38.2 Å². The van der Waals surface area contributed by atoms with Crippen molar-refractivity contribution in [2.45, 2.75) is 20.1 Å². The van der Waals surface area contributed by atoms with E-state index in [4.69, 9.17) is 9.47 Å². The van der Waals surface area contributed by atoms with Crippen molar-refractivity contribution in [3.8, 4) is 0 Å². The molecule has 0 amide bonds. The fraction of sp³-hybridized carbons (Fsp3) is 0.250. The molecule has 0 radical (unpaired) electrons. The summed E-state index contributed by atoms with van der Waals surface area (Å²) < 4.78 is 12.6. The van der Waals surface area contributed by atoms with E-state index in [0.717, 1.165) is 4.47 Å². The molecule has 25 heavy (non-hydrogen) atoms. The third-order valence-electron chi connectivity index (χ3n) is 3.20. The number of hydrogen-bond donors (Lipinski definition) is 0. The van der Waals surface area contributed by atoms with Gasteiger partial charge in [-0.2, -0.15) is 9.61 Å². The molecule has 0 atom stereocenters. The maximum atomic E-state index is 12.1. The molecule has 0 bridgehead atoms. The van der Waals surface area contributed by atoms with Gasteiger partial charge in [0, 0.05) is 17.1 Å². The van der Waals surface area contributed by atoms with E-state index in [-0.39, 0.29) is 12.2 Å². The Morgan fingerprint density at radius 2 is 2.04 bits per heavy atom.